The van der Waals surface area contributed by atoms with Crippen molar-refractivity contribution in [3.05, 3.63) is 66.7 Å². The van der Waals surface area contributed by atoms with Crippen LogP contribution in [0.5, 0.6) is 5.75 Å². The van der Waals surface area contributed by atoms with E-state index in [1.54, 1.807) is 18.5 Å². The molecular weight excluding hydrogens is 355 g/mol. The highest BCUT2D eigenvalue weighted by Crippen LogP contribution is 2.36. The van der Waals surface area contributed by atoms with Gasteiger partial charge in [0.1, 0.15) is 22.9 Å². The molecule has 0 fully saturated rings. The predicted octanol–water partition coefficient (Wildman–Crippen LogP) is 4.94. The molecule has 1 N–H and O–H groups in total. The zero-order chi connectivity index (χ0) is 19.5. The largest absolute Gasteiger partial charge is 0.492 e. The molecule has 4 rings (SSSR count). The molecular formula is C22H19FN4O. The first-order valence-corrected chi connectivity index (χ1v) is 9.02. The zero-order valence-corrected chi connectivity index (χ0v) is 15.6. The van der Waals surface area contributed by atoms with Crippen molar-refractivity contribution < 1.29 is 9.13 Å². The van der Waals surface area contributed by atoms with E-state index in [-0.39, 0.29) is 5.82 Å². The number of hydrogen-bond donors (Lipinski definition) is 1. The summed E-state index contributed by atoms with van der Waals surface area (Å²) in [5, 5.41) is 3.94. The average molecular weight is 374 g/mol. The van der Waals surface area contributed by atoms with Gasteiger partial charge in [-0.3, -0.25) is 4.98 Å². The lowest BCUT2D eigenvalue weighted by Crippen LogP contribution is -2.02. The number of rotatable bonds is 5. The normalized spacial score (nSPS) is 10.8. The van der Waals surface area contributed by atoms with Crippen molar-refractivity contribution in [2.45, 2.75) is 6.92 Å². The number of hydrogen-bond acceptors (Lipinski definition) is 5. The average Bonchev–Trinajstić information content (AvgIpc) is 2.73. The van der Waals surface area contributed by atoms with Crippen molar-refractivity contribution in [1.82, 2.24) is 15.0 Å². The third kappa shape index (κ3) is 3.36. The molecule has 0 radical (unpaired) electrons. The molecule has 2 heterocycles. The second kappa shape index (κ2) is 7.60. The van der Waals surface area contributed by atoms with E-state index in [0.717, 1.165) is 22.1 Å². The molecule has 0 aliphatic heterocycles. The molecule has 0 bridgehead atoms. The van der Waals surface area contributed by atoms with Crippen LogP contribution in [0.2, 0.25) is 0 Å². The van der Waals surface area contributed by atoms with Crippen LogP contribution in [0.1, 0.15) is 6.92 Å². The molecule has 0 amide bonds. The van der Waals surface area contributed by atoms with Crippen molar-refractivity contribution in [2.75, 3.05) is 19.0 Å². The van der Waals surface area contributed by atoms with Crippen LogP contribution in [0.15, 0.2) is 60.9 Å². The van der Waals surface area contributed by atoms with Crippen LogP contribution >= 0.6 is 0 Å². The van der Waals surface area contributed by atoms with E-state index >= 15 is 0 Å². The van der Waals surface area contributed by atoms with Crippen LogP contribution < -0.4 is 10.1 Å². The number of ether oxygens (including phenoxy) is 1. The van der Waals surface area contributed by atoms with Crippen LogP contribution in [0.3, 0.4) is 0 Å². The number of nitrogens with zero attached hydrogens (tertiary/aromatic N) is 3. The maximum atomic E-state index is 13.7. The Kier molecular flexibility index (Phi) is 4.85. The van der Waals surface area contributed by atoms with Gasteiger partial charge in [0.25, 0.3) is 0 Å². The van der Waals surface area contributed by atoms with E-state index in [2.05, 4.69) is 15.3 Å². The van der Waals surface area contributed by atoms with Gasteiger partial charge in [0.15, 0.2) is 5.82 Å². The topological polar surface area (TPSA) is 59.9 Å². The van der Waals surface area contributed by atoms with Crippen molar-refractivity contribution in [3.63, 3.8) is 0 Å². The smallest absolute Gasteiger partial charge is 0.163 e. The van der Waals surface area contributed by atoms with Crippen molar-refractivity contribution in [1.29, 1.82) is 0 Å². The maximum Gasteiger partial charge on any atom is 0.163 e. The second-order valence-corrected chi connectivity index (χ2v) is 6.20. The fraction of sp³-hybridized carbons (Fsp3) is 0.136. The van der Waals surface area contributed by atoms with Gasteiger partial charge in [-0.15, -0.1) is 0 Å². The highest BCUT2D eigenvalue weighted by atomic mass is 19.1. The molecule has 0 saturated heterocycles. The van der Waals surface area contributed by atoms with E-state index in [4.69, 9.17) is 9.72 Å². The standard InChI is InChI=1S/C22H19FN4O/c1-3-28-19-12-16(14-6-4-8-17(23)10-14)11-18-20(19)26-21(27-22(18)24-2)15-7-5-9-25-13-15/h4-13H,3H2,1-2H3,(H,24,26,27). The Hall–Kier alpha value is -3.54. The van der Waals surface area contributed by atoms with Gasteiger partial charge in [-0.25, -0.2) is 14.4 Å². The number of aromatic nitrogens is 3. The van der Waals surface area contributed by atoms with Crippen molar-refractivity contribution in [2.24, 2.45) is 0 Å². The van der Waals surface area contributed by atoms with Gasteiger partial charge < -0.3 is 10.1 Å². The number of benzene rings is 2. The summed E-state index contributed by atoms with van der Waals surface area (Å²) in [4.78, 5) is 13.5. The highest BCUT2D eigenvalue weighted by molar-refractivity contribution is 5.97. The molecule has 6 heteroatoms. The minimum Gasteiger partial charge on any atom is -0.492 e. The van der Waals surface area contributed by atoms with E-state index < -0.39 is 0 Å². The molecule has 0 spiro atoms. The Morgan fingerprint density at radius 3 is 2.57 bits per heavy atom. The zero-order valence-electron chi connectivity index (χ0n) is 15.6. The van der Waals surface area contributed by atoms with Crippen molar-refractivity contribution in [3.8, 4) is 28.3 Å². The fourth-order valence-electron chi connectivity index (χ4n) is 3.12. The van der Waals surface area contributed by atoms with Gasteiger partial charge in [0, 0.05) is 30.4 Å². The SMILES string of the molecule is CCOc1cc(-c2cccc(F)c2)cc2c(NC)nc(-c3cccnc3)nc12. The minimum absolute atomic E-state index is 0.285. The van der Waals surface area contributed by atoms with E-state index in [9.17, 15) is 4.39 Å². The Bertz CT molecular complexity index is 1130. The lowest BCUT2D eigenvalue weighted by atomic mass is 10.0. The summed E-state index contributed by atoms with van der Waals surface area (Å²) < 4.78 is 19.6. The first kappa shape index (κ1) is 17.9. The summed E-state index contributed by atoms with van der Waals surface area (Å²) in [6, 6.07) is 14.1. The molecule has 0 aliphatic carbocycles. The summed E-state index contributed by atoms with van der Waals surface area (Å²) >= 11 is 0. The number of halogens is 1. The minimum atomic E-state index is -0.285. The molecule has 2 aromatic heterocycles. The van der Waals surface area contributed by atoms with Crippen LogP contribution in [-0.4, -0.2) is 28.6 Å². The Labute approximate surface area is 162 Å². The lowest BCUT2D eigenvalue weighted by molar-refractivity contribution is 0.344. The van der Waals surface area contributed by atoms with Gasteiger partial charge in [-0.2, -0.15) is 0 Å². The number of pyridine rings is 1. The number of fused-ring (bicyclic) bond motifs is 1. The quantitative estimate of drug-likeness (QED) is 0.536. The molecule has 2 aromatic carbocycles. The Balaban J connectivity index is 1.98. The van der Waals surface area contributed by atoms with Crippen molar-refractivity contribution >= 4 is 16.7 Å². The molecule has 28 heavy (non-hydrogen) atoms. The molecule has 0 saturated carbocycles. The van der Waals surface area contributed by atoms with Crippen LogP contribution in [-0.2, 0) is 0 Å². The number of nitrogens with one attached hydrogen (secondary N) is 1. The molecule has 0 unspecified atom stereocenters. The second-order valence-electron chi connectivity index (χ2n) is 6.20. The highest BCUT2D eigenvalue weighted by Gasteiger charge is 2.15. The maximum absolute atomic E-state index is 13.7. The predicted molar refractivity (Wildman–Crippen MR) is 109 cm³/mol. The summed E-state index contributed by atoms with van der Waals surface area (Å²) in [6.07, 6.45) is 3.43. The Morgan fingerprint density at radius 2 is 1.86 bits per heavy atom. The molecule has 140 valence electrons. The first-order chi connectivity index (χ1) is 13.7. The molecule has 0 aliphatic rings. The monoisotopic (exact) mass is 374 g/mol. The molecule has 4 aromatic rings. The van der Waals surface area contributed by atoms with Gasteiger partial charge in [0.2, 0.25) is 0 Å². The third-order valence-corrected chi connectivity index (χ3v) is 4.38. The summed E-state index contributed by atoms with van der Waals surface area (Å²) in [5.74, 6) is 1.57. The first-order valence-electron chi connectivity index (χ1n) is 9.02. The van der Waals surface area contributed by atoms with E-state index in [1.807, 2.05) is 44.3 Å². The number of anilines is 1. The van der Waals surface area contributed by atoms with Crippen LogP contribution in [0.25, 0.3) is 33.4 Å². The summed E-state index contributed by atoms with van der Waals surface area (Å²) in [6.45, 7) is 2.41. The van der Waals surface area contributed by atoms with Gasteiger partial charge >= 0.3 is 0 Å². The molecule has 0 atom stereocenters. The summed E-state index contributed by atoms with van der Waals surface area (Å²) in [5.41, 5.74) is 3.11. The van der Waals surface area contributed by atoms with Gasteiger partial charge in [0.05, 0.1) is 6.61 Å². The molecule has 5 nitrogen and oxygen atoms in total. The van der Waals surface area contributed by atoms with Gasteiger partial charge in [-0.05, 0) is 54.4 Å². The summed E-state index contributed by atoms with van der Waals surface area (Å²) in [7, 11) is 1.81. The van der Waals surface area contributed by atoms with Crippen LogP contribution in [0.4, 0.5) is 10.2 Å². The van der Waals surface area contributed by atoms with Gasteiger partial charge in [-0.1, -0.05) is 12.1 Å². The van der Waals surface area contributed by atoms with E-state index in [1.165, 1.54) is 12.1 Å². The lowest BCUT2D eigenvalue weighted by Gasteiger charge is -2.14. The van der Waals surface area contributed by atoms with E-state index in [0.29, 0.717) is 29.5 Å². The van der Waals surface area contributed by atoms with Crippen LogP contribution in [0, 0.1) is 5.82 Å². The Morgan fingerprint density at radius 1 is 1.00 bits per heavy atom. The fourth-order valence-corrected chi connectivity index (χ4v) is 3.12. The third-order valence-electron chi connectivity index (χ3n) is 4.38.